The molecule has 1 saturated heterocycles. The monoisotopic (exact) mass is 310 g/mol. The number of anilines is 2. The Bertz CT molecular complexity index is 547. The third kappa shape index (κ3) is 3.12. The van der Waals surface area contributed by atoms with Crippen LogP contribution in [0.2, 0.25) is 0 Å². The van der Waals surface area contributed by atoms with Gasteiger partial charge in [-0.05, 0) is 25.7 Å². The van der Waals surface area contributed by atoms with E-state index < -0.39 is 5.91 Å². The second-order valence-corrected chi connectivity index (χ2v) is 6.42. The topological polar surface area (TPSA) is 101 Å². The predicted octanol–water partition coefficient (Wildman–Crippen LogP) is 1.42. The second kappa shape index (κ2) is 6.34. The van der Waals surface area contributed by atoms with E-state index in [1.807, 2.05) is 6.92 Å². The summed E-state index contributed by atoms with van der Waals surface area (Å²) in [4.78, 5) is 26.3. The van der Waals surface area contributed by atoms with Gasteiger partial charge in [0, 0.05) is 19.6 Å². The quantitative estimate of drug-likeness (QED) is 0.782. The van der Waals surface area contributed by atoms with Gasteiger partial charge in [0.05, 0.1) is 11.3 Å². The number of carbonyl (C=O) groups is 2. The first kappa shape index (κ1) is 15.6. The maximum atomic E-state index is 12.0. The number of nitrogens with two attached hydrogens (primary N) is 2. The summed E-state index contributed by atoms with van der Waals surface area (Å²) in [7, 11) is 0. The number of carbonyl (C=O) groups excluding carboxylic acids is 2. The zero-order valence-corrected chi connectivity index (χ0v) is 13.3. The summed E-state index contributed by atoms with van der Waals surface area (Å²) in [6.07, 6.45) is 2.12. The molecule has 0 aliphatic carbocycles. The lowest BCUT2D eigenvalue weighted by Crippen LogP contribution is -2.33. The third-order valence-electron chi connectivity index (χ3n) is 3.79. The van der Waals surface area contributed by atoms with E-state index in [1.54, 1.807) is 0 Å². The van der Waals surface area contributed by atoms with Crippen molar-refractivity contribution in [2.45, 2.75) is 26.7 Å². The number of hydrogen-bond acceptors (Lipinski definition) is 5. The highest BCUT2D eigenvalue weighted by Crippen LogP contribution is 2.39. The molecular formula is C14H22N4O2S. The summed E-state index contributed by atoms with van der Waals surface area (Å²) in [5, 5.41) is 3.44. The number of thiophene rings is 1. The molecule has 7 heteroatoms. The minimum absolute atomic E-state index is 0.201. The van der Waals surface area contributed by atoms with Crippen LogP contribution in [-0.2, 0) is 0 Å². The van der Waals surface area contributed by atoms with Gasteiger partial charge in [0.25, 0.3) is 11.8 Å². The number of primary amides is 1. The van der Waals surface area contributed by atoms with Gasteiger partial charge >= 0.3 is 0 Å². The van der Waals surface area contributed by atoms with Crippen molar-refractivity contribution in [3.63, 3.8) is 0 Å². The first-order valence-corrected chi connectivity index (χ1v) is 8.02. The van der Waals surface area contributed by atoms with Crippen LogP contribution in [0.3, 0.4) is 0 Å². The lowest BCUT2D eigenvalue weighted by atomic mass is 9.99. The molecule has 6 nitrogen and oxygen atoms in total. The van der Waals surface area contributed by atoms with E-state index >= 15 is 0 Å². The second-order valence-electron chi connectivity index (χ2n) is 5.42. The van der Waals surface area contributed by atoms with E-state index in [-0.39, 0.29) is 17.2 Å². The minimum atomic E-state index is -0.576. The van der Waals surface area contributed by atoms with Crippen molar-refractivity contribution in [1.82, 2.24) is 5.32 Å². The zero-order chi connectivity index (χ0) is 15.6. The Morgan fingerprint density at radius 2 is 2.00 bits per heavy atom. The molecular weight excluding hydrogens is 288 g/mol. The SMILES string of the molecule is CCNC(=O)c1sc(N2CCC(C)CC2)c(C(N)=O)c1N. The van der Waals surface area contributed by atoms with Crippen molar-refractivity contribution in [3.8, 4) is 0 Å². The molecule has 1 aromatic heterocycles. The van der Waals surface area contributed by atoms with Crippen LogP contribution in [0.1, 0.15) is 46.7 Å². The molecule has 1 aliphatic rings. The lowest BCUT2D eigenvalue weighted by Gasteiger charge is -2.31. The van der Waals surface area contributed by atoms with Crippen LogP contribution in [0, 0.1) is 5.92 Å². The van der Waals surface area contributed by atoms with Crippen LogP contribution in [0.25, 0.3) is 0 Å². The minimum Gasteiger partial charge on any atom is -0.397 e. The number of piperidine rings is 1. The molecule has 0 saturated carbocycles. The molecule has 116 valence electrons. The third-order valence-corrected chi connectivity index (χ3v) is 5.05. The largest absolute Gasteiger partial charge is 0.397 e. The van der Waals surface area contributed by atoms with Crippen molar-refractivity contribution >= 4 is 33.8 Å². The fraction of sp³-hybridized carbons (Fsp3) is 0.571. The fourth-order valence-corrected chi connectivity index (χ4v) is 3.71. The molecule has 2 amide bonds. The average Bonchev–Trinajstić information content (AvgIpc) is 2.77. The molecule has 1 fully saturated rings. The van der Waals surface area contributed by atoms with Gasteiger partial charge in [-0.1, -0.05) is 6.92 Å². The maximum absolute atomic E-state index is 12.0. The number of hydrogen-bond donors (Lipinski definition) is 3. The van der Waals surface area contributed by atoms with Crippen molar-refractivity contribution < 1.29 is 9.59 Å². The Morgan fingerprint density at radius 1 is 1.38 bits per heavy atom. The molecule has 1 aromatic rings. The van der Waals surface area contributed by atoms with Crippen molar-refractivity contribution in [3.05, 3.63) is 10.4 Å². The van der Waals surface area contributed by atoms with Gasteiger partial charge < -0.3 is 21.7 Å². The van der Waals surface area contributed by atoms with Crippen LogP contribution in [-0.4, -0.2) is 31.4 Å². The maximum Gasteiger partial charge on any atom is 0.263 e. The van der Waals surface area contributed by atoms with E-state index in [2.05, 4.69) is 17.1 Å². The molecule has 1 aliphatic heterocycles. The van der Waals surface area contributed by atoms with Gasteiger partial charge in [0.15, 0.2) is 0 Å². The van der Waals surface area contributed by atoms with E-state index in [4.69, 9.17) is 11.5 Å². The van der Waals surface area contributed by atoms with Gasteiger partial charge in [-0.25, -0.2) is 0 Å². The van der Waals surface area contributed by atoms with Crippen LogP contribution < -0.4 is 21.7 Å². The number of nitrogens with zero attached hydrogens (tertiary/aromatic N) is 1. The first-order chi connectivity index (χ1) is 9.95. The van der Waals surface area contributed by atoms with Crippen LogP contribution >= 0.6 is 11.3 Å². The van der Waals surface area contributed by atoms with E-state index in [0.29, 0.717) is 17.3 Å². The van der Waals surface area contributed by atoms with Gasteiger partial charge in [-0.3, -0.25) is 9.59 Å². The fourth-order valence-electron chi connectivity index (χ4n) is 2.51. The summed E-state index contributed by atoms with van der Waals surface area (Å²) in [6, 6.07) is 0. The van der Waals surface area contributed by atoms with Gasteiger partial charge in [0.2, 0.25) is 0 Å². The van der Waals surface area contributed by atoms with Crippen molar-refractivity contribution in [1.29, 1.82) is 0 Å². The van der Waals surface area contributed by atoms with Crippen LogP contribution in [0.15, 0.2) is 0 Å². The molecule has 21 heavy (non-hydrogen) atoms. The summed E-state index contributed by atoms with van der Waals surface area (Å²) in [5.74, 6) is -0.148. The molecule has 5 N–H and O–H groups in total. The van der Waals surface area contributed by atoms with Crippen molar-refractivity contribution in [2.75, 3.05) is 30.3 Å². The Kier molecular flexibility index (Phi) is 4.72. The normalized spacial score (nSPS) is 16.0. The predicted molar refractivity (Wildman–Crippen MR) is 85.9 cm³/mol. The summed E-state index contributed by atoms with van der Waals surface area (Å²) in [6.45, 7) is 6.28. The first-order valence-electron chi connectivity index (χ1n) is 7.20. The van der Waals surface area contributed by atoms with E-state index in [1.165, 1.54) is 11.3 Å². The lowest BCUT2D eigenvalue weighted by molar-refractivity contribution is 0.0960. The summed E-state index contributed by atoms with van der Waals surface area (Å²) in [5.41, 5.74) is 11.9. The smallest absolute Gasteiger partial charge is 0.263 e. The zero-order valence-electron chi connectivity index (χ0n) is 12.4. The van der Waals surface area contributed by atoms with E-state index in [9.17, 15) is 9.59 Å². The summed E-state index contributed by atoms with van der Waals surface area (Å²) < 4.78 is 0. The molecule has 0 radical (unpaired) electrons. The highest BCUT2D eigenvalue weighted by Gasteiger charge is 2.28. The standard InChI is InChI=1S/C14H22N4O2S/c1-3-17-13(20)11-10(15)9(12(16)19)14(21-11)18-6-4-8(2)5-7-18/h8H,3-7,15H2,1-2H3,(H2,16,19)(H,17,20). The number of nitrogens with one attached hydrogen (secondary N) is 1. The van der Waals surface area contributed by atoms with E-state index in [0.717, 1.165) is 30.9 Å². The molecule has 2 rings (SSSR count). The molecule has 2 heterocycles. The Morgan fingerprint density at radius 3 is 2.52 bits per heavy atom. The highest BCUT2D eigenvalue weighted by molar-refractivity contribution is 7.19. The van der Waals surface area contributed by atoms with Gasteiger partial charge in [-0.15, -0.1) is 11.3 Å². The van der Waals surface area contributed by atoms with Gasteiger partial charge in [0.1, 0.15) is 9.88 Å². The highest BCUT2D eigenvalue weighted by atomic mass is 32.1. The average molecular weight is 310 g/mol. The number of rotatable bonds is 4. The van der Waals surface area contributed by atoms with Crippen LogP contribution in [0.4, 0.5) is 10.7 Å². The molecule has 0 atom stereocenters. The summed E-state index contributed by atoms with van der Waals surface area (Å²) >= 11 is 1.26. The van der Waals surface area contributed by atoms with Crippen molar-refractivity contribution in [2.24, 2.45) is 11.7 Å². The number of nitrogen functional groups attached to an aromatic ring is 1. The van der Waals surface area contributed by atoms with Crippen LogP contribution in [0.5, 0.6) is 0 Å². The Labute approximate surface area is 128 Å². The number of amides is 2. The molecule has 0 aromatic carbocycles. The Hall–Kier alpha value is -1.76. The molecule has 0 spiro atoms. The Balaban J connectivity index is 2.38. The van der Waals surface area contributed by atoms with Gasteiger partial charge in [-0.2, -0.15) is 0 Å². The molecule has 0 unspecified atom stereocenters. The molecule has 0 bridgehead atoms.